The van der Waals surface area contributed by atoms with Crippen molar-refractivity contribution in [3.63, 3.8) is 0 Å². The molecule has 0 aromatic heterocycles. The first-order valence-electron chi connectivity index (χ1n) is 3.65. The Hall–Kier alpha value is -1.84. The van der Waals surface area contributed by atoms with Crippen LogP contribution in [-0.2, 0) is 0 Å². The summed E-state index contributed by atoms with van der Waals surface area (Å²) < 4.78 is 12.9. The van der Waals surface area contributed by atoms with Crippen molar-refractivity contribution in [2.45, 2.75) is 0 Å². The van der Waals surface area contributed by atoms with Crippen LogP contribution in [0.25, 0.3) is 6.08 Å². The summed E-state index contributed by atoms with van der Waals surface area (Å²) in [6, 6.07) is 7.52. The Balaban J connectivity index is 3.24. The Morgan fingerprint density at radius 1 is 1.36 bits per heavy atom. The maximum Gasteiger partial charge on any atom is 0.142 e. The molecule has 0 N–H and O–H groups in total. The quantitative estimate of drug-likeness (QED) is 0.664. The van der Waals surface area contributed by atoms with Crippen molar-refractivity contribution in [3.8, 4) is 12.1 Å². The number of halogens is 2. The van der Waals surface area contributed by atoms with Crippen molar-refractivity contribution in [1.29, 1.82) is 10.5 Å². The summed E-state index contributed by atoms with van der Waals surface area (Å²) in [5, 5.41) is 16.9. The summed E-state index contributed by atoms with van der Waals surface area (Å²) in [4.78, 5) is 0. The van der Waals surface area contributed by atoms with Gasteiger partial charge in [0, 0.05) is 0 Å². The molecule has 0 spiro atoms. The van der Waals surface area contributed by atoms with Crippen molar-refractivity contribution < 1.29 is 4.39 Å². The molecule has 0 radical (unpaired) electrons. The van der Waals surface area contributed by atoms with Crippen LogP contribution in [0.15, 0.2) is 23.8 Å². The van der Waals surface area contributed by atoms with Gasteiger partial charge in [-0.25, -0.2) is 4.39 Å². The van der Waals surface area contributed by atoms with Gasteiger partial charge < -0.3 is 0 Å². The van der Waals surface area contributed by atoms with Gasteiger partial charge in [-0.2, -0.15) is 10.5 Å². The summed E-state index contributed by atoms with van der Waals surface area (Å²) in [7, 11) is 0. The molecular weight excluding hydrogens is 203 g/mol. The van der Waals surface area contributed by atoms with Gasteiger partial charge in [0.15, 0.2) is 0 Å². The molecule has 1 aromatic carbocycles. The number of benzene rings is 1. The van der Waals surface area contributed by atoms with Crippen LogP contribution in [0.1, 0.15) is 5.56 Å². The van der Waals surface area contributed by atoms with Crippen LogP contribution in [0.3, 0.4) is 0 Å². The topological polar surface area (TPSA) is 47.6 Å². The third-order valence-corrected chi connectivity index (χ3v) is 1.92. The minimum absolute atomic E-state index is 0.0875. The fraction of sp³-hybridized carbons (Fsp3) is 0. The average Bonchev–Trinajstić information content (AvgIpc) is 2.20. The van der Waals surface area contributed by atoms with Gasteiger partial charge in [-0.1, -0.05) is 23.7 Å². The normalized spacial score (nSPS) is 8.57. The van der Waals surface area contributed by atoms with Crippen LogP contribution < -0.4 is 0 Å². The van der Waals surface area contributed by atoms with E-state index in [2.05, 4.69) is 0 Å². The summed E-state index contributed by atoms with van der Waals surface area (Å²) >= 11 is 5.61. The average molecular weight is 207 g/mol. The van der Waals surface area contributed by atoms with E-state index in [1.54, 1.807) is 12.1 Å². The van der Waals surface area contributed by atoms with Gasteiger partial charge >= 0.3 is 0 Å². The molecule has 0 aliphatic carbocycles. The molecule has 4 heteroatoms. The Labute approximate surface area is 85.5 Å². The van der Waals surface area contributed by atoms with E-state index in [9.17, 15) is 4.39 Å². The van der Waals surface area contributed by atoms with Gasteiger partial charge in [0.2, 0.25) is 0 Å². The van der Waals surface area contributed by atoms with E-state index in [0.717, 1.165) is 0 Å². The molecule has 0 heterocycles. The molecule has 1 rings (SSSR count). The summed E-state index contributed by atoms with van der Waals surface area (Å²) in [6.07, 6.45) is 1.24. The summed E-state index contributed by atoms with van der Waals surface area (Å²) in [5.74, 6) is -0.573. The number of hydrogen-bond acceptors (Lipinski definition) is 2. The lowest BCUT2D eigenvalue weighted by Gasteiger charge is -1.97. The minimum atomic E-state index is -0.573. The predicted octanol–water partition coefficient (Wildman–Crippen LogP) is 2.91. The van der Waals surface area contributed by atoms with Crippen molar-refractivity contribution in [1.82, 2.24) is 0 Å². The molecule has 0 atom stereocenters. The van der Waals surface area contributed by atoms with E-state index < -0.39 is 5.82 Å². The first kappa shape index (κ1) is 10.2. The predicted molar refractivity (Wildman–Crippen MR) is 50.6 cm³/mol. The lowest BCUT2D eigenvalue weighted by Crippen LogP contribution is -1.82. The molecule has 0 saturated heterocycles. The van der Waals surface area contributed by atoms with Gasteiger partial charge in [-0.05, 0) is 17.7 Å². The maximum absolute atomic E-state index is 12.9. The van der Waals surface area contributed by atoms with Gasteiger partial charge in [-0.3, -0.25) is 0 Å². The van der Waals surface area contributed by atoms with Crippen molar-refractivity contribution in [2.24, 2.45) is 0 Å². The Bertz CT molecular complexity index is 450. The van der Waals surface area contributed by atoms with Crippen LogP contribution in [-0.4, -0.2) is 0 Å². The zero-order valence-corrected chi connectivity index (χ0v) is 7.72. The SMILES string of the molecule is N#CC(C#N)=Cc1cccc(F)c1Cl. The number of allylic oxidation sites excluding steroid dienone is 1. The Morgan fingerprint density at radius 3 is 2.57 bits per heavy atom. The fourth-order valence-corrected chi connectivity index (χ4v) is 1.06. The van der Waals surface area contributed by atoms with Crippen LogP contribution in [0.4, 0.5) is 4.39 Å². The zero-order chi connectivity index (χ0) is 10.6. The lowest BCUT2D eigenvalue weighted by molar-refractivity contribution is 0.628. The summed E-state index contributed by atoms with van der Waals surface area (Å²) in [6.45, 7) is 0. The lowest BCUT2D eigenvalue weighted by atomic mass is 10.1. The van der Waals surface area contributed by atoms with E-state index in [4.69, 9.17) is 22.1 Å². The smallest absolute Gasteiger partial charge is 0.142 e. The summed E-state index contributed by atoms with van der Waals surface area (Å²) in [5.41, 5.74) is 0.210. The molecular formula is C10H4ClFN2. The van der Waals surface area contributed by atoms with E-state index in [1.807, 2.05) is 0 Å². The first-order valence-corrected chi connectivity index (χ1v) is 4.02. The number of hydrogen-bond donors (Lipinski definition) is 0. The van der Waals surface area contributed by atoms with E-state index in [-0.39, 0.29) is 10.6 Å². The largest absolute Gasteiger partial charge is 0.205 e. The molecule has 0 amide bonds. The highest BCUT2D eigenvalue weighted by atomic mass is 35.5. The Kier molecular flexibility index (Phi) is 3.23. The molecule has 0 bridgehead atoms. The van der Waals surface area contributed by atoms with Crippen LogP contribution in [0, 0.1) is 28.5 Å². The third-order valence-electron chi connectivity index (χ3n) is 1.52. The number of nitrogens with zero attached hydrogens (tertiary/aromatic N) is 2. The standard InChI is InChI=1S/C10H4ClFN2/c11-10-8(2-1-3-9(10)12)4-7(5-13)6-14/h1-4H. The van der Waals surface area contributed by atoms with E-state index in [1.165, 1.54) is 24.3 Å². The minimum Gasteiger partial charge on any atom is -0.205 e. The van der Waals surface area contributed by atoms with Crippen LogP contribution in [0.2, 0.25) is 5.02 Å². The molecule has 0 aliphatic rings. The number of nitriles is 2. The maximum atomic E-state index is 12.9. The van der Waals surface area contributed by atoms with Gasteiger partial charge in [0.1, 0.15) is 23.5 Å². The first-order chi connectivity index (χ1) is 6.69. The third kappa shape index (κ3) is 2.10. The highest BCUT2D eigenvalue weighted by molar-refractivity contribution is 6.32. The van der Waals surface area contributed by atoms with Crippen LogP contribution in [0.5, 0.6) is 0 Å². The van der Waals surface area contributed by atoms with Gasteiger partial charge in [-0.15, -0.1) is 0 Å². The number of rotatable bonds is 1. The second-order valence-corrected chi connectivity index (χ2v) is 2.80. The monoisotopic (exact) mass is 206 g/mol. The molecule has 0 fully saturated rings. The zero-order valence-electron chi connectivity index (χ0n) is 6.96. The molecule has 2 nitrogen and oxygen atoms in total. The molecule has 0 aliphatic heterocycles. The highest BCUT2D eigenvalue weighted by Crippen LogP contribution is 2.21. The molecule has 0 unspecified atom stereocenters. The van der Waals surface area contributed by atoms with E-state index in [0.29, 0.717) is 5.56 Å². The fourth-order valence-electron chi connectivity index (χ4n) is 0.877. The van der Waals surface area contributed by atoms with E-state index >= 15 is 0 Å². The van der Waals surface area contributed by atoms with Gasteiger partial charge in [0.25, 0.3) is 0 Å². The molecule has 1 aromatic rings. The van der Waals surface area contributed by atoms with Crippen molar-refractivity contribution in [2.75, 3.05) is 0 Å². The van der Waals surface area contributed by atoms with Gasteiger partial charge in [0.05, 0.1) is 5.02 Å². The molecule has 68 valence electrons. The van der Waals surface area contributed by atoms with Crippen LogP contribution >= 0.6 is 11.6 Å². The highest BCUT2D eigenvalue weighted by Gasteiger charge is 2.04. The van der Waals surface area contributed by atoms with Crippen molar-refractivity contribution in [3.05, 3.63) is 40.2 Å². The second kappa shape index (κ2) is 4.41. The Morgan fingerprint density at radius 2 is 2.00 bits per heavy atom. The molecule has 0 saturated carbocycles. The second-order valence-electron chi connectivity index (χ2n) is 2.42. The van der Waals surface area contributed by atoms with Crippen molar-refractivity contribution >= 4 is 17.7 Å². The molecule has 14 heavy (non-hydrogen) atoms.